The molecule has 0 fully saturated rings. The molecular formula is C22H26BrFN5O5PS. The van der Waals surface area contributed by atoms with E-state index in [1.54, 1.807) is 31.2 Å². The number of hydroxylamine groups is 1. The number of carbonyl (C=O) groups is 1. The van der Waals surface area contributed by atoms with E-state index in [0.29, 0.717) is 31.8 Å². The fourth-order valence-corrected chi connectivity index (χ4v) is 4.69. The molecule has 194 valence electrons. The van der Waals surface area contributed by atoms with E-state index in [1.165, 1.54) is 30.0 Å². The molecule has 3 aromatic rings. The first-order valence-electron chi connectivity index (χ1n) is 10.7. The van der Waals surface area contributed by atoms with Gasteiger partial charge in [0.15, 0.2) is 16.6 Å². The molecule has 0 spiro atoms. The van der Waals surface area contributed by atoms with Crippen molar-refractivity contribution in [3.8, 4) is 5.75 Å². The number of rotatable bonds is 11. The van der Waals surface area contributed by atoms with Gasteiger partial charge in [-0.05, 0) is 76.1 Å². The Labute approximate surface area is 222 Å². The Morgan fingerprint density at radius 3 is 2.69 bits per heavy atom. The second-order valence-electron chi connectivity index (χ2n) is 6.71. The molecule has 0 saturated heterocycles. The van der Waals surface area contributed by atoms with Crippen LogP contribution >= 0.6 is 36.4 Å². The second kappa shape index (κ2) is 17.0. The number of aromatic nitrogens is 2. The quantitative estimate of drug-likeness (QED) is 0.0466. The van der Waals surface area contributed by atoms with Gasteiger partial charge in [0.05, 0.1) is 23.3 Å². The molecular weight excluding hydrogens is 576 g/mol. The van der Waals surface area contributed by atoms with Crippen molar-refractivity contribution in [3.05, 3.63) is 64.5 Å². The summed E-state index contributed by atoms with van der Waals surface area (Å²) >= 11 is 4.49. The van der Waals surface area contributed by atoms with Crippen LogP contribution < -0.4 is 10.6 Å². The van der Waals surface area contributed by atoms with Crippen LogP contribution in [0.4, 0.5) is 10.1 Å². The van der Waals surface area contributed by atoms with E-state index >= 15 is 0 Å². The van der Waals surface area contributed by atoms with Gasteiger partial charge in [-0.3, -0.25) is 20.6 Å². The van der Waals surface area contributed by atoms with E-state index in [4.69, 9.17) is 14.5 Å². The Morgan fingerprint density at radius 2 is 2.06 bits per heavy atom. The Bertz CT molecular complexity index is 1110. The minimum absolute atomic E-state index is 0.0326. The number of para-hydroxylation sites is 1. The molecule has 1 aromatic heterocycles. The third-order valence-electron chi connectivity index (χ3n) is 4.04. The molecule has 1 unspecified atom stereocenters. The number of benzene rings is 2. The van der Waals surface area contributed by atoms with E-state index in [1.807, 2.05) is 11.5 Å². The van der Waals surface area contributed by atoms with Gasteiger partial charge in [-0.15, -0.1) is 11.8 Å². The molecule has 4 N–H and O–H groups in total. The lowest BCUT2D eigenvalue weighted by atomic mass is 10.3. The van der Waals surface area contributed by atoms with E-state index in [9.17, 15) is 14.4 Å². The molecule has 3 rings (SSSR count). The summed E-state index contributed by atoms with van der Waals surface area (Å²) in [6, 6.07) is 12.9. The number of phenols is 1. The number of carbonyl (C=O) groups excluding carboxylic acids is 1. The maximum Gasteiger partial charge on any atom is 0.320 e. The third kappa shape index (κ3) is 11.0. The number of aromatic hydroxyl groups is 1. The van der Waals surface area contributed by atoms with Crippen molar-refractivity contribution in [2.75, 3.05) is 25.1 Å². The second-order valence-corrected chi connectivity index (χ2v) is 9.86. The van der Waals surface area contributed by atoms with Crippen LogP contribution in [-0.4, -0.2) is 57.5 Å². The van der Waals surface area contributed by atoms with Gasteiger partial charge in [0.2, 0.25) is 0 Å². The molecule has 0 bridgehead atoms. The van der Waals surface area contributed by atoms with E-state index in [0.717, 1.165) is 18.3 Å². The first-order valence-corrected chi connectivity index (χ1v) is 13.7. The molecule has 2 aromatic carbocycles. The number of nitrogens with zero attached hydrogens (tertiary/aromatic N) is 3. The molecule has 10 nitrogen and oxygen atoms in total. The van der Waals surface area contributed by atoms with Crippen molar-refractivity contribution in [2.24, 2.45) is 4.99 Å². The monoisotopic (exact) mass is 601 g/mol. The van der Waals surface area contributed by atoms with E-state index < -0.39 is 5.82 Å². The minimum atomic E-state index is -0.417. The van der Waals surface area contributed by atoms with Gasteiger partial charge in [0.1, 0.15) is 11.6 Å². The summed E-state index contributed by atoms with van der Waals surface area (Å²) in [4.78, 5) is 15.4. The van der Waals surface area contributed by atoms with Gasteiger partial charge in [0, 0.05) is 5.75 Å². The van der Waals surface area contributed by atoms with Crippen LogP contribution in [0.25, 0.3) is 0 Å². The lowest BCUT2D eigenvalue weighted by molar-refractivity contribution is -0.141. The molecule has 0 saturated carbocycles. The van der Waals surface area contributed by atoms with Crippen LogP contribution in [-0.2, 0) is 9.53 Å². The maximum atomic E-state index is 13.4. The summed E-state index contributed by atoms with van der Waals surface area (Å²) in [6.45, 7) is 2.35. The minimum Gasteiger partial charge on any atom is -0.508 e. The molecule has 1 atom stereocenters. The van der Waals surface area contributed by atoms with Gasteiger partial charge in [0.25, 0.3) is 0 Å². The molecule has 0 aliphatic rings. The number of amidine groups is 1. The summed E-state index contributed by atoms with van der Waals surface area (Å²) in [5.74, 6) is 0.409. The molecule has 14 heteroatoms. The predicted octanol–water partition coefficient (Wildman–Crippen LogP) is 4.65. The van der Waals surface area contributed by atoms with E-state index in [-0.39, 0.29) is 28.5 Å². The smallest absolute Gasteiger partial charge is 0.320 e. The SMILES string of the molecule is CCOC(=O)CNPCCCSc1nonc1C(=Nc1ccc(F)c(Br)c1)NO.Oc1ccccc1. The number of esters is 1. The van der Waals surface area contributed by atoms with Crippen LogP contribution in [0.15, 0.2) is 67.7 Å². The zero-order chi connectivity index (χ0) is 26.2. The molecule has 0 radical (unpaired) electrons. The van der Waals surface area contributed by atoms with Gasteiger partial charge < -0.3 is 9.84 Å². The zero-order valence-electron chi connectivity index (χ0n) is 19.3. The normalized spacial score (nSPS) is 11.3. The van der Waals surface area contributed by atoms with Crippen molar-refractivity contribution in [1.82, 2.24) is 20.9 Å². The Hall–Kier alpha value is -2.57. The Balaban J connectivity index is 0.000000558. The van der Waals surface area contributed by atoms with Gasteiger partial charge in [-0.25, -0.2) is 14.0 Å². The average molecular weight is 602 g/mol. The van der Waals surface area contributed by atoms with Crippen LogP contribution in [0, 0.1) is 5.82 Å². The highest BCUT2D eigenvalue weighted by Gasteiger charge is 2.17. The van der Waals surface area contributed by atoms with Crippen LogP contribution in [0.3, 0.4) is 0 Å². The van der Waals surface area contributed by atoms with Crippen LogP contribution in [0.5, 0.6) is 5.75 Å². The fraction of sp³-hybridized carbons (Fsp3) is 0.273. The molecule has 36 heavy (non-hydrogen) atoms. The van der Waals surface area contributed by atoms with Crippen LogP contribution in [0.2, 0.25) is 0 Å². The summed E-state index contributed by atoms with van der Waals surface area (Å²) in [5.41, 5.74) is 2.64. The number of hydrogen-bond donors (Lipinski definition) is 4. The molecule has 1 heterocycles. The standard InChI is InChI=1S/C16H20BrFN5O4PS.C6H6O/c1-2-26-13(24)9-19-28-6-3-7-29-16-14(22-27-23-16)15(21-25)20-10-4-5-12(18)11(17)8-10;7-6-4-2-1-3-5-6/h4-5,8,19,25,28H,2-3,6-7,9H2,1H3,(H,20,21);1-5,7H. The van der Waals surface area contributed by atoms with Crippen LogP contribution in [0.1, 0.15) is 19.0 Å². The van der Waals surface area contributed by atoms with Gasteiger partial charge >= 0.3 is 5.97 Å². The molecule has 0 amide bonds. The highest BCUT2D eigenvalue weighted by molar-refractivity contribution is 9.10. The topological polar surface area (TPSA) is 142 Å². The predicted molar refractivity (Wildman–Crippen MR) is 141 cm³/mol. The first-order chi connectivity index (χ1) is 17.4. The largest absolute Gasteiger partial charge is 0.508 e. The Kier molecular flexibility index (Phi) is 14.0. The van der Waals surface area contributed by atoms with Crippen molar-refractivity contribution >= 4 is 53.9 Å². The van der Waals surface area contributed by atoms with Crippen molar-refractivity contribution in [3.63, 3.8) is 0 Å². The summed E-state index contributed by atoms with van der Waals surface area (Å²) in [6.07, 6.45) is 1.75. The van der Waals surface area contributed by atoms with E-state index in [2.05, 4.69) is 36.3 Å². The fourth-order valence-electron chi connectivity index (χ4n) is 2.43. The van der Waals surface area contributed by atoms with Crippen molar-refractivity contribution in [2.45, 2.75) is 18.4 Å². The number of halogens is 2. The number of nitrogens with one attached hydrogen (secondary N) is 2. The molecule has 0 aliphatic heterocycles. The molecule has 0 aliphatic carbocycles. The number of thioether (sulfide) groups is 1. The van der Waals surface area contributed by atoms with Crippen molar-refractivity contribution in [1.29, 1.82) is 0 Å². The lowest BCUT2D eigenvalue weighted by Crippen LogP contribution is -2.21. The number of ether oxygens (including phenoxy) is 1. The van der Waals surface area contributed by atoms with Crippen molar-refractivity contribution < 1.29 is 28.9 Å². The van der Waals surface area contributed by atoms with Gasteiger partial charge in [-0.2, -0.15) is 0 Å². The highest BCUT2D eigenvalue weighted by Crippen LogP contribution is 2.25. The zero-order valence-corrected chi connectivity index (χ0v) is 22.7. The summed E-state index contributed by atoms with van der Waals surface area (Å²) < 4.78 is 23.2. The summed E-state index contributed by atoms with van der Waals surface area (Å²) in [7, 11) is 0.441. The van der Waals surface area contributed by atoms with Gasteiger partial charge in [-0.1, -0.05) is 26.9 Å². The first kappa shape index (κ1) is 29.7. The lowest BCUT2D eigenvalue weighted by Gasteiger charge is -2.05. The number of hydrogen-bond acceptors (Lipinski definition) is 10. The third-order valence-corrected chi connectivity index (χ3v) is 6.71. The number of phenolic OH excluding ortho intramolecular Hbond substituents is 1. The number of aliphatic imine (C=N–C) groups is 1. The Morgan fingerprint density at radius 1 is 1.28 bits per heavy atom. The average Bonchev–Trinajstić information content (AvgIpc) is 3.33. The highest BCUT2D eigenvalue weighted by atomic mass is 79.9. The summed E-state index contributed by atoms with van der Waals surface area (Å²) in [5, 5.41) is 29.2. The maximum absolute atomic E-state index is 13.4.